The first kappa shape index (κ1) is 30.7. The number of benzene rings is 6. The van der Waals surface area contributed by atoms with Crippen LogP contribution in [-0.4, -0.2) is 23.3 Å². The molecule has 1 aliphatic heterocycles. The Hall–Kier alpha value is -6.13. The van der Waals surface area contributed by atoms with E-state index in [4.69, 9.17) is 4.98 Å². The topological polar surface area (TPSA) is 24.3 Å². The smallest absolute Gasteiger partial charge is 0.137 e. The van der Waals surface area contributed by atoms with Crippen LogP contribution in [0.5, 0.6) is 0 Å². The van der Waals surface area contributed by atoms with E-state index in [9.17, 15) is 0 Å². The second kappa shape index (κ2) is 11.2. The number of fused-ring (bicyclic) bond motifs is 7. The lowest BCUT2D eigenvalue weighted by atomic mass is 9.66. The van der Waals surface area contributed by atoms with Gasteiger partial charge in [-0.25, -0.2) is 4.98 Å². The van der Waals surface area contributed by atoms with E-state index >= 15 is 0 Å². The van der Waals surface area contributed by atoms with Crippen molar-refractivity contribution < 1.29 is 0 Å². The summed E-state index contributed by atoms with van der Waals surface area (Å²) in [5.74, 6) is 0.918. The van der Waals surface area contributed by atoms with E-state index in [2.05, 4.69) is 188 Å². The molecule has 0 spiro atoms. The van der Waals surface area contributed by atoms with Gasteiger partial charge in [0.1, 0.15) is 5.82 Å². The monoisotopic (exact) mass is 672 g/mol. The highest BCUT2D eigenvalue weighted by molar-refractivity contribution is 6.09. The number of aromatic nitrogens is 2. The Labute approximate surface area is 305 Å². The van der Waals surface area contributed by atoms with Crippen molar-refractivity contribution in [3.05, 3.63) is 186 Å². The summed E-state index contributed by atoms with van der Waals surface area (Å²) in [6, 6.07) is 56.3. The Kier molecular flexibility index (Phi) is 6.60. The molecule has 52 heavy (non-hydrogen) atoms. The van der Waals surface area contributed by atoms with Gasteiger partial charge in [-0.05, 0) is 92.9 Å². The first-order valence-corrected chi connectivity index (χ1v) is 18.2. The molecule has 252 valence electrons. The van der Waals surface area contributed by atoms with Crippen molar-refractivity contribution in [2.24, 2.45) is 0 Å². The van der Waals surface area contributed by atoms with Gasteiger partial charge in [-0.1, -0.05) is 124 Å². The largest absolute Gasteiger partial charge is 0.355 e. The highest BCUT2D eigenvalue weighted by Gasteiger charge is 2.47. The second-order valence-electron chi connectivity index (χ2n) is 15.4. The minimum Gasteiger partial charge on any atom is -0.355 e. The van der Waals surface area contributed by atoms with Gasteiger partial charge in [0.05, 0.1) is 34.5 Å². The zero-order valence-electron chi connectivity index (χ0n) is 30.0. The van der Waals surface area contributed by atoms with E-state index in [1.54, 1.807) is 0 Å². The van der Waals surface area contributed by atoms with Gasteiger partial charge in [-0.2, -0.15) is 0 Å². The van der Waals surface area contributed by atoms with Gasteiger partial charge in [-0.3, -0.25) is 4.57 Å². The molecule has 8 aromatic rings. The third kappa shape index (κ3) is 4.30. The Morgan fingerprint density at radius 2 is 1.23 bits per heavy atom. The van der Waals surface area contributed by atoms with E-state index in [1.165, 1.54) is 66.8 Å². The molecule has 0 bridgehead atoms. The van der Waals surface area contributed by atoms with Gasteiger partial charge in [-0.15, -0.1) is 0 Å². The van der Waals surface area contributed by atoms with E-state index in [-0.39, 0.29) is 5.41 Å². The SMILES string of the molecule is CN1CN(c2cc(C(C)(C)C)cc(C3(c4ccc5c6ccccc6n(-c6ccccn6)c5c4)c4ccccc4-c4ccccc43)c2)c2ccccc21. The molecule has 0 radical (unpaired) electrons. The van der Waals surface area contributed by atoms with Crippen LogP contribution in [0.15, 0.2) is 158 Å². The normalized spacial score (nSPS) is 14.5. The van der Waals surface area contributed by atoms with Crippen LogP contribution in [-0.2, 0) is 10.8 Å². The van der Waals surface area contributed by atoms with Crippen molar-refractivity contribution in [1.82, 2.24) is 9.55 Å². The van der Waals surface area contributed by atoms with Gasteiger partial charge >= 0.3 is 0 Å². The Morgan fingerprint density at radius 1 is 0.577 bits per heavy atom. The summed E-state index contributed by atoms with van der Waals surface area (Å²) in [5, 5.41) is 2.45. The molecule has 4 nitrogen and oxygen atoms in total. The molecule has 0 saturated carbocycles. The summed E-state index contributed by atoms with van der Waals surface area (Å²) < 4.78 is 2.34. The maximum absolute atomic E-state index is 4.87. The highest BCUT2D eigenvalue weighted by atomic mass is 15.4. The molecule has 0 N–H and O–H groups in total. The predicted octanol–water partition coefficient (Wildman–Crippen LogP) is 11.4. The Balaban J connectivity index is 1.33. The zero-order valence-corrected chi connectivity index (χ0v) is 30.0. The molecule has 3 heterocycles. The third-order valence-electron chi connectivity index (χ3n) is 11.4. The molecule has 6 aromatic carbocycles. The molecule has 2 aromatic heterocycles. The number of hydrogen-bond donors (Lipinski definition) is 0. The fourth-order valence-corrected chi connectivity index (χ4v) is 8.98. The van der Waals surface area contributed by atoms with Crippen molar-refractivity contribution in [2.75, 3.05) is 23.5 Å². The van der Waals surface area contributed by atoms with Crippen LogP contribution < -0.4 is 9.80 Å². The molecular formula is C48H40N4. The summed E-state index contributed by atoms with van der Waals surface area (Å²) in [5.41, 5.74) is 14.4. The number of rotatable bonds is 4. The average molecular weight is 673 g/mol. The van der Waals surface area contributed by atoms with Crippen LogP contribution >= 0.6 is 0 Å². The lowest BCUT2D eigenvalue weighted by Gasteiger charge is -2.36. The molecule has 10 rings (SSSR count). The van der Waals surface area contributed by atoms with Crippen LogP contribution in [0.4, 0.5) is 17.1 Å². The van der Waals surface area contributed by atoms with E-state index in [0.29, 0.717) is 0 Å². The maximum Gasteiger partial charge on any atom is 0.137 e. The van der Waals surface area contributed by atoms with Crippen LogP contribution in [0.2, 0.25) is 0 Å². The van der Waals surface area contributed by atoms with Crippen LogP contribution in [0.3, 0.4) is 0 Å². The van der Waals surface area contributed by atoms with Crippen molar-refractivity contribution in [3.8, 4) is 16.9 Å². The molecule has 0 atom stereocenters. The van der Waals surface area contributed by atoms with Gasteiger partial charge in [0.15, 0.2) is 0 Å². The van der Waals surface area contributed by atoms with Gasteiger partial charge in [0.2, 0.25) is 0 Å². The lowest BCUT2D eigenvalue weighted by Crippen LogP contribution is -2.30. The first-order valence-electron chi connectivity index (χ1n) is 18.2. The maximum atomic E-state index is 4.87. The van der Waals surface area contributed by atoms with Crippen molar-refractivity contribution in [2.45, 2.75) is 31.6 Å². The van der Waals surface area contributed by atoms with Crippen LogP contribution in [0, 0.1) is 0 Å². The average Bonchev–Trinajstić information content (AvgIpc) is 3.80. The van der Waals surface area contributed by atoms with Gasteiger partial charge in [0.25, 0.3) is 0 Å². The number of pyridine rings is 1. The minimum atomic E-state index is -0.575. The third-order valence-corrected chi connectivity index (χ3v) is 11.4. The number of anilines is 3. The minimum absolute atomic E-state index is 0.0793. The molecule has 0 unspecified atom stereocenters. The first-order chi connectivity index (χ1) is 25.3. The van der Waals surface area contributed by atoms with E-state index in [1.807, 2.05) is 12.3 Å². The van der Waals surface area contributed by atoms with E-state index < -0.39 is 5.41 Å². The Bertz CT molecular complexity index is 2630. The molecule has 0 saturated heterocycles. The predicted molar refractivity (Wildman–Crippen MR) is 216 cm³/mol. The number of hydrogen-bond acceptors (Lipinski definition) is 3. The Morgan fingerprint density at radius 3 is 1.96 bits per heavy atom. The van der Waals surface area contributed by atoms with Crippen LogP contribution in [0.25, 0.3) is 38.8 Å². The highest BCUT2D eigenvalue weighted by Crippen LogP contribution is 2.57. The van der Waals surface area contributed by atoms with E-state index in [0.717, 1.165) is 23.5 Å². The van der Waals surface area contributed by atoms with Crippen molar-refractivity contribution in [1.29, 1.82) is 0 Å². The zero-order chi connectivity index (χ0) is 35.2. The van der Waals surface area contributed by atoms with Crippen molar-refractivity contribution >= 4 is 38.9 Å². The molecule has 4 heteroatoms. The summed E-state index contributed by atoms with van der Waals surface area (Å²) in [6.45, 7) is 7.80. The fraction of sp³-hybridized carbons (Fsp3) is 0.146. The van der Waals surface area contributed by atoms with Gasteiger partial charge < -0.3 is 9.80 Å². The fourth-order valence-electron chi connectivity index (χ4n) is 8.98. The number of nitrogens with zero attached hydrogens (tertiary/aromatic N) is 4. The number of para-hydroxylation sites is 3. The standard InChI is InChI=1S/C48H40N4/c1-47(2,3)33-27-34(29-35(28-33)51-31-50(4)43-21-11-12-22-44(43)51)48(40-18-8-5-15-36(40)37-16-6-9-19-41(37)48)32-24-25-39-38-17-7-10-20-42(38)52(45(39)30-32)46-23-13-14-26-49-46/h5-30H,31H2,1-4H3. The quantitative estimate of drug-likeness (QED) is 0.186. The summed E-state index contributed by atoms with van der Waals surface area (Å²) in [6.07, 6.45) is 1.89. The van der Waals surface area contributed by atoms with Crippen LogP contribution in [0.1, 0.15) is 48.6 Å². The van der Waals surface area contributed by atoms with Crippen molar-refractivity contribution in [3.63, 3.8) is 0 Å². The summed E-state index contributed by atoms with van der Waals surface area (Å²) in [7, 11) is 2.19. The second-order valence-corrected chi connectivity index (χ2v) is 15.4. The molecule has 2 aliphatic rings. The summed E-state index contributed by atoms with van der Waals surface area (Å²) in [4.78, 5) is 9.70. The molecular weight excluding hydrogens is 633 g/mol. The lowest BCUT2D eigenvalue weighted by molar-refractivity contribution is 0.587. The molecule has 0 fully saturated rings. The van der Waals surface area contributed by atoms with Gasteiger partial charge in [0, 0.05) is 29.7 Å². The molecule has 0 amide bonds. The summed E-state index contributed by atoms with van der Waals surface area (Å²) >= 11 is 0. The molecule has 1 aliphatic carbocycles.